The molecular weight excluding hydrogens is 654 g/mol. The van der Waals surface area contributed by atoms with Crippen LogP contribution >= 0.6 is 15.9 Å². The summed E-state index contributed by atoms with van der Waals surface area (Å²) in [4.78, 5) is 45.6. The lowest BCUT2D eigenvalue weighted by molar-refractivity contribution is -0.213. The molecule has 11 heteroatoms. The van der Waals surface area contributed by atoms with Gasteiger partial charge in [0.05, 0.1) is 32.9 Å². The summed E-state index contributed by atoms with van der Waals surface area (Å²) in [5.74, 6) is 0.436. The van der Waals surface area contributed by atoms with Gasteiger partial charge in [-0.05, 0) is 84.1 Å². The van der Waals surface area contributed by atoms with Gasteiger partial charge in [-0.3, -0.25) is 14.6 Å². The van der Waals surface area contributed by atoms with Crippen molar-refractivity contribution >= 4 is 40.1 Å². The van der Waals surface area contributed by atoms with Crippen molar-refractivity contribution in [2.24, 2.45) is 4.99 Å². The Hall–Kier alpha value is -4.64. The molecule has 10 nitrogen and oxygen atoms in total. The van der Waals surface area contributed by atoms with E-state index in [-0.39, 0.29) is 36.7 Å². The number of hydrogen-bond donors (Lipinski definition) is 0. The minimum absolute atomic E-state index is 0.0670. The van der Waals surface area contributed by atoms with Crippen molar-refractivity contribution in [3.8, 4) is 11.5 Å². The molecule has 0 saturated heterocycles. The summed E-state index contributed by atoms with van der Waals surface area (Å²) in [5.41, 5.74) is 2.53. The number of carbonyl (C=O) groups excluding carboxylic acids is 3. The standard InChI is InChI=1S/C35H38BrN3O7/c1-35(2,3)46-34(43)38-16-14-26(15-17-38)39(21-24-11-12-27(44-4)19-31(24)45-5)33(42)29-13-10-23(18-30(29)36)20-37-32(41)28-9-7-6-8-25(28)22-40/h6-14,18-19,22H,15-17,20-21H2,1-5H3,(H,37,41)/p-1. The number of aldehydes is 1. The molecule has 3 aromatic rings. The molecular formula is C35H37BrN3O7-. The Morgan fingerprint density at radius 3 is 2.43 bits per heavy atom. The van der Waals surface area contributed by atoms with Crippen LogP contribution in [-0.2, 0) is 17.8 Å². The highest BCUT2D eigenvalue weighted by Gasteiger charge is 2.29. The molecule has 1 aliphatic heterocycles. The highest BCUT2D eigenvalue weighted by atomic mass is 79.9. The lowest BCUT2D eigenvalue weighted by atomic mass is 10.1. The fourth-order valence-electron chi connectivity index (χ4n) is 4.87. The number of aliphatic imine (C=N–C) groups is 1. The van der Waals surface area contributed by atoms with Crippen LogP contribution in [0.4, 0.5) is 4.79 Å². The zero-order valence-electron chi connectivity index (χ0n) is 26.5. The quantitative estimate of drug-likeness (QED) is 0.151. The van der Waals surface area contributed by atoms with E-state index in [2.05, 4.69) is 20.9 Å². The predicted octanol–water partition coefficient (Wildman–Crippen LogP) is 5.75. The number of methoxy groups -OCH3 is 2. The van der Waals surface area contributed by atoms with Crippen molar-refractivity contribution in [1.82, 2.24) is 9.80 Å². The van der Waals surface area contributed by atoms with Crippen LogP contribution < -0.4 is 14.6 Å². The van der Waals surface area contributed by atoms with E-state index in [0.29, 0.717) is 46.4 Å². The largest absolute Gasteiger partial charge is 0.858 e. The van der Waals surface area contributed by atoms with Gasteiger partial charge in [0.2, 0.25) is 0 Å². The number of carbonyl (C=O) groups is 3. The van der Waals surface area contributed by atoms with Gasteiger partial charge < -0.3 is 29.1 Å². The van der Waals surface area contributed by atoms with Gasteiger partial charge in [-0.2, -0.15) is 0 Å². The van der Waals surface area contributed by atoms with Gasteiger partial charge in [0.25, 0.3) is 5.91 Å². The molecule has 0 aliphatic carbocycles. The molecule has 4 rings (SSSR count). The first kappa shape index (κ1) is 34.2. The Morgan fingerprint density at radius 1 is 1.04 bits per heavy atom. The maximum Gasteiger partial charge on any atom is 0.410 e. The van der Waals surface area contributed by atoms with Crippen molar-refractivity contribution in [2.75, 3.05) is 27.3 Å². The van der Waals surface area contributed by atoms with Crippen LogP contribution in [0.1, 0.15) is 64.6 Å². The molecule has 3 aromatic carbocycles. The second-order valence-corrected chi connectivity index (χ2v) is 12.4. The first-order valence-electron chi connectivity index (χ1n) is 14.7. The van der Waals surface area contributed by atoms with Gasteiger partial charge in [-0.1, -0.05) is 30.3 Å². The van der Waals surface area contributed by atoms with Crippen LogP contribution in [0.25, 0.3) is 0 Å². The van der Waals surface area contributed by atoms with E-state index in [4.69, 9.17) is 14.2 Å². The summed E-state index contributed by atoms with van der Waals surface area (Å²) < 4.78 is 17.0. The maximum absolute atomic E-state index is 14.2. The topological polar surface area (TPSA) is 121 Å². The monoisotopic (exact) mass is 690 g/mol. The van der Waals surface area contributed by atoms with Crippen molar-refractivity contribution in [1.29, 1.82) is 0 Å². The van der Waals surface area contributed by atoms with E-state index in [1.165, 1.54) is 0 Å². The number of benzene rings is 3. The fourth-order valence-corrected chi connectivity index (χ4v) is 5.47. The van der Waals surface area contributed by atoms with E-state index in [9.17, 15) is 19.5 Å². The third kappa shape index (κ3) is 8.54. The Balaban J connectivity index is 1.61. The molecule has 0 bridgehead atoms. The fraction of sp³-hybridized carbons (Fsp3) is 0.314. The number of nitrogens with zero attached hydrogens (tertiary/aromatic N) is 3. The minimum atomic E-state index is -0.618. The Bertz CT molecular complexity index is 1660. The molecule has 0 aromatic heterocycles. The highest BCUT2D eigenvalue weighted by molar-refractivity contribution is 9.10. The number of hydrogen-bond acceptors (Lipinski definition) is 8. The van der Waals surface area contributed by atoms with Gasteiger partial charge in [0.15, 0.2) is 6.29 Å². The SMILES string of the molecule is COc1ccc(CN(C(=O)c2ccc(CN=C([O-])c3ccccc3C=O)cc2Br)C2=CCN(C(=O)OC(C)(C)C)CC2)c(OC)c1. The lowest BCUT2D eigenvalue weighted by Crippen LogP contribution is -2.41. The van der Waals surface area contributed by atoms with Crippen LogP contribution in [0.5, 0.6) is 11.5 Å². The van der Waals surface area contributed by atoms with Crippen LogP contribution in [0, 0.1) is 0 Å². The van der Waals surface area contributed by atoms with Crippen molar-refractivity contribution in [3.05, 3.63) is 105 Å². The zero-order valence-corrected chi connectivity index (χ0v) is 28.1. The molecule has 0 saturated carbocycles. The van der Waals surface area contributed by atoms with Gasteiger partial charge >= 0.3 is 6.09 Å². The van der Waals surface area contributed by atoms with Crippen molar-refractivity contribution in [2.45, 2.75) is 45.9 Å². The lowest BCUT2D eigenvalue weighted by Gasteiger charge is -2.33. The summed E-state index contributed by atoms with van der Waals surface area (Å²) in [7, 11) is 3.13. The Morgan fingerprint density at radius 2 is 1.80 bits per heavy atom. The Labute approximate surface area is 277 Å². The predicted molar refractivity (Wildman–Crippen MR) is 176 cm³/mol. The van der Waals surface area contributed by atoms with Crippen LogP contribution in [0.2, 0.25) is 0 Å². The van der Waals surface area contributed by atoms with Crippen LogP contribution in [0.15, 0.2) is 81.9 Å². The van der Waals surface area contributed by atoms with E-state index >= 15 is 0 Å². The van der Waals surface area contributed by atoms with Gasteiger partial charge in [-0.15, -0.1) is 0 Å². The second-order valence-electron chi connectivity index (χ2n) is 11.6. The van der Waals surface area contributed by atoms with Gasteiger partial charge in [0.1, 0.15) is 17.1 Å². The summed E-state index contributed by atoms with van der Waals surface area (Å²) in [6.45, 7) is 6.40. The summed E-state index contributed by atoms with van der Waals surface area (Å²) in [5, 5.41) is 12.7. The van der Waals surface area contributed by atoms with Crippen LogP contribution in [-0.4, -0.2) is 66.9 Å². The number of ether oxygens (including phenoxy) is 3. The van der Waals surface area contributed by atoms with E-state index < -0.39 is 17.6 Å². The highest BCUT2D eigenvalue weighted by Crippen LogP contribution is 2.31. The molecule has 0 fully saturated rings. The van der Waals surface area contributed by atoms with E-state index in [1.54, 1.807) is 72.6 Å². The minimum Gasteiger partial charge on any atom is -0.858 e. The van der Waals surface area contributed by atoms with Crippen molar-refractivity contribution in [3.63, 3.8) is 0 Å². The van der Waals surface area contributed by atoms with Crippen molar-refractivity contribution < 1.29 is 33.7 Å². The molecule has 1 aliphatic rings. The molecule has 0 N–H and O–H groups in total. The molecule has 1 heterocycles. The number of halogens is 1. The normalized spacial score (nSPS) is 13.5. The molecule has 0 unspecified atom stereocenters. The smallest absolute Gasteiger partial charge is 0.410 e. The van der Waals surface area contributed by atoms with E-state index in [0.717, 1.165) is 11.3 Å². The number of rotatable bonds is 10. The average Bonchev–Trinajstić information content (AvgIpc) is 3.05. The molecule has 0 spiro atoms. The molecule has 46 heavy (non-hydrogen) atoms. The third-order valence-corrected chi connectivity index (χ3v) is 7.89. The zero-order chi connectivity index (χ0) is 33.4. The van der Waals surface area contributed by atoms with Crippen LogP contribution in [0.3, 0.4) is 0 Å². The molecule has 0 radical (unpaired) electrons. The number of amides is 2. The summed E-state index contributed by atoms with van der Waals surface area (Å²) >= 11 is 3.55. The Kier molecular flexibility index (Phi) is 11.2. The molecule has 242 valence electrons. The van der Waals surface area contributed by atoms with Gasteiger partial charge in [0, 0.05) is 46.9 Å². The molecule has 2 amide bonds. The van der Waals surface area contributed by atoms with E-state index in [1.807, 2.05) is 39.0 Å². The first-order valence-corrected chi connectivity index (χ1v) is 15.5. The maximum atomic E-state index is 14.2. The average molecular weight is 692 g/mol. The first-order chi connectivity index (χ1) is 21.9. The molecule has 0 atom stereocenters. The third-order valence-electron chi connectivity index (χ3n) is 7.24. The van der Waals surface area contributed by atoms with Gasteiger partial charge in [-0.25, -0.2) is 4.79 Å². The summed E-state index contributed by atoms with van der Waals surface area (Å²) in [6.07, 6.45) is 2.52. The summed E-state index contributed by atoms with van der Waals surface area (Å²) in [6, 6.07) is 17.1. The second kappa shape index (κ2) is 15.1.